The highest BCUT2D eigenvalue weighted by molar-refractivity contribution is 6.03. The summed E-state index contributed by atoms with van der Waals surface area (Å²) < 4.78 is 1.89. The molecule has 8 heteroatoms. The van der Waals surface area contributed by atoms with E-state index in [1.165, 1.54) is 13.0 Å². The number of nitrogens with zero attached hydrogens (tertiary/aromatic N) is 4. The predicted molar refractivity (Wildman–Crippen MR) is 96.0 cm³/mol. The second-order valence-corrected chi connectivity index (χ2v) is 6.08. The maximum atomic E-state index is 11.6. The van der Waals surface area contributed by atoms with Crippen molar-refractivity contribution in [2.24, 2.45) is 10.9 Å². The molecular weight excluding hydrogens is 334 g/mol. The molecule has 2 aromatic heterocycles. The van der Waals surface area contributed by atoms with E-state index in [0.29, 0.717) is 18.0 Å². The number of pyridine rings is 1. The Morgan fingerprint density at radius 3 is 3.04 bits per heavy atom. The fraction of sp³-hybridized carbons (Fsp3) is 0.167. The summed E-state index contributed by atoms with van der Waals surface area (Å²) in [6.07, 6.45) is 10.3. The van der Waals surface area contributed by atoms with Gasteiger partial charge in [0.05, 0.1) is 23.2 Å². The van der Waals surface area contributed by atoms with E-state index in [9.17, 15) is 14.9 Å². The van der Waals surface area contributed by atoms with E-state index < -0.39 is 4.92 Å². The van der Waals surface area contributed by atoms with Crippen molar-refractivity contribution in [3.63, 3.8) is 0 Å². The number of carbonyl (C=O) groups excluding carboxylic acids is 1. The molecule has 26 heavy (non-hydrogen) atoms. The van der Waals surface area contributed by atoms with Crippen LogP contribution in [0.15, 0.2) is 70.9 Å². The third-order valence-electron chi connectivity index (χ3n) is 4.41. The molecule has 1 aliphatic heterocycles. The average molecular weight is 349 g/mol. The summed E-state index contributed by atoms with van der Waals surface area (Å²) in [7, 11) is 0. The molecular formula is C18H15N5O3. The van der Waals surface area contributed by atoms with Crippen LogP contribution in [0.25, 0.3) is 10.9 Å². The molecule has 1 N–H and O–H groups in total. The van der Waals surface area contributed by atoms with Crippen LogP contribution in [-0.4, -0.2) is 32.8 Å². The fourth-order valence-corrected chi connectivity index (χ4v) is 3.23. The molecule has 0 fully saturated rings. The van der Waals surface area contributed by atoms with Gasteiger partial charge in [-0.05, 0) is 23.8 Å². The lowest BCUT2D eigenvalue weighted by atomic mass is 9.88. The van der Waals surface area contributed by atoms with Gasteiger partial charge in [-0.15, -0.1) is 0 Å². The van der Waals surface area contributed by atoms with E-state index in [-0.39, 0.29) is 23.2 Å². The molecule has 0 bridgehead atoms. The van der Waals surface area contributed by atoms with Crippen LogP contribution >= 0.6 is 0 Å². The van der Waals surface area contributed by atoms with Crippen LogP contribution < -0.4 is 5.32 Å². The van der Waals surface area contributed by atoms with E-state index in [0.717, 1.165) is 10.9 Å². The number of carbonyl (C=O) groups is 1. The molecule has 0 radical (unpaired) electrons. The summed E-state index contributed by atoms with van der Waals surface area (Å²) in [5.74, 6) is 0.193. The lowest BCUT2D eigenvalue weighted by Crippen LogP contribution is -2.31. The predicted octanol–water partition coefficient (Wildman–Crippen LogP) is 2.03. The molecule has 130 valence electrons. The Bertz CT molecular complexity index is 1060. The van der Waals surface area contributed by atoms with Crippen molar-refractivity contribution in [1.29, 1.82) is 0 Å². The highest BCUT2D eigenvalue weighted by Gasteiger charge is 2.31. The average Bonchev–Trinajstić information content (AvgIpc) is 3.05. The van der Waals surface area contributed by atoms with Crippen LogP contribution in [0.2, 0.25) is 0 Å². The number of aromatic nitrogens is 2. The van der Waals surface area contributed by atoms with E-state index in [4.69, 9.17) is 0 Å². The standard InChI is InChI=1S/C18H15N5O3/c1-11(24)21-18-14-8-17(20-9-13(14)2-3-15(18)23(25)26)22-7-5-12-4-6-19-10-16(12)22/h2-8,10,13H,9H2,1H3,(H,21,24). The quantitative estimate of drug-likeness (QED) is 0.662. The SMILES string of the molecule is CC(=O)NC1=C([N+](=O)[O-])C=CC2CN=C(n3ccc4ccncc43)C=C12. The summed E-state index contributed by atoms with van der Waals surface area (Å²) in [5.41, 5.74) is 1.69. The number of nitrogens with one attached hydrogen (secondary N) is 1. The van der Waals surface area contributed by atoms with Crippen molar-refractivity contribution in [1.82, 2.24) is 14.9 Å². The van der Waals surface area contributed by atoms with Crippen LogP contribution in [0.4, 0.5) is 0 Å². The molecule has 1 atom stereocenters. The van der Waals surface area contributed by atoms with Gasteiger partial charge in [-0.1, -0.05) is 6.08 Å². The zero-order chi connectivity index (χ0) is 18.3. The number of hydrogen-bond acceptors (Lipinski definition) is 5. The maximum Gasteiger partial charge on any atom is 0.292 e. The molecule has 4 rings (SSSR count). The Labute approximate surface area is 148 Å². The van der Waals surface area contributed by atoms with Crippen molar-refractivity contribution >= 4 is 22.6 Å². The van der Waals surface area contributed by atoms with Crippen LogP contribution in [0.5, 0.6) is 0 Å². The van der Waals surface area contributed by atoms with Crippen LogP contribution in [0.1, 0.15) is 6.92 Å². The van der Waals surface area contributed by atoms with Crippen molar-refractivity contribution in [2.45, 2.75) is 6.92 Å². The Morgan fingerprint density at radius 1 is 1.42 bits per heavy atom. The first-order valence-electron chi connectivity index (χ1n) is 8.07. The highest BCUT2D eigenvalue weighted by Crippen LogP contribution is 2.31. The summed E-state index contributed by atoms with van der Waals surface area (Å²) in [5, 5.41) is 15.0. The Hall–Kier alpha value is -3.55. The largest absolute Gasteiger partial charge is 0.320 e. The molecule has 0 spiro atoms. The van der Waals surface area contributed by atoms with Crippen molar-refractivity contribution in [3.8, 4) is 0 Å². The molecule has 2 aliphatic rings. The molecule has 0 saturated heterocycles. The molecule has 3 heterocycles. The van der Waals surface area contributed by atoms with Gasteiger partial charge in [-0.2, -0.15) is 0 Å². The summed E-state index contributed by atoms with van der Waals surface area (Å²) in [4.78, 5) is 31.2. The van der Waals surface area contributed by atoms with Crippen molar-refractivity contribution in [3.05, 3.63) is 76.0 Å². The number of dihydropyridines is 1. The van der Waals surface area contributed by atoms with E-state index >= 15 is 0 Å². The lowest BCUT2D eigenvalue weighted by Gasteiger charge is -2.25. The van der Waals surface area contributed by atoms with Crippen molar-refractivity contribution in [2.75, 3.05) is 6.54 Å². The molecule has 2 aromatic rings. The zero-order valence-corrected chi connectivity index (χ0v) is 13.9. The number of allylic oxidation sites excluding steroid dienone is 3. The summed E-state index contributed by atoms with van der Waals surface area (Å²) in [6.45, 7) is 1.78. The van der Waals surface area contributed by atoms with Crippen LogP contribution in [0, 0.1) is 16.0 Å². The van der Waals surface area contributed by atoms with Gasteiger partial charge in [-0.3, -0.25) is 29.5 Å². The minimum Gasteiger partial charge on any atom is -0.320 e. The van der Waals surface area contributed by atoms with E-state index in [2.05, 4.69) is 15.3 Å². The third kappa shape index (κ3) is 2.61. The monoisotopic (exact) mass is 349 g/mol. The molecule has 1 unspecified atom stereocenters. The van der Waals surface area contributed by atoms with Crippen LogP contribution in [0.3, 0.4) is 0 Å². The third-order valence-corrected chi connectivity index (χ3v) is 4.41. The number of amides is 1. The van der Waals surface area contributed by atoms with Gasteiger partial charge in [-0.25, -0.2) is 0 Å². The highest BCUT2D eigenvalue weighted by atomic mass is 16.6. The van der Waals surface area contributed by atoms with Gasteiger partial charge in [0.15, 0.2) is 0 Å². The maximum absolute atomic E-state index is 11.6. The first-order chi connectivity index (χ1) is 12.5. The van der Waals surface area contributed by atoms with Crippen LogP contribution in [-0.2, 0) is 4.79 Å². The number of fused-ring (bicyclic) bond motifs is 2. The molecule has 0 aromatic carbocycles. The first-order valence-corrected chi connectivity index (χ1v) is 8.07. The van der Waals surface area contributed by atoms with Gasteiger partial charge < -0.3 is 5.32 Å². The van der Waals surface area contributed by atoms with Gasteiger partial charge in [0.2, 0.25) is 5.91 Å². The lowest BCUT2D eigenvalue weighted by molar-refractivity contribution is -0.420. The summed E-state index contributed by atoms with van der Waals surface area (Å²) >= 11 is 0. The Morgan fingerprint density at radius 2 is 2.27 bits per heavy atom. The zero-order valence-electron chi connectivity index (χ0n) is 13.9. The number of nitro groups is 1. The summed E-state index contributed by atoms with van der Waals surface area (Å²) in [6, 6.07) is 3.86. The second kappa shape index (κ2) is 6.07. The number of aliphatic imine (C=N–C) groups is 1. The first kappa shape index (κ1) is 15.9. The van der Waals surface area contributed by atoms with Gasteiger partial charge >= 0.3 is 0 Å². The fourth-order valence-electron chi connectivity index (χ4n) is 3.23. The molecule has 8 nitrogen and oxygen atoms in total. The number of hydrogen-bond donors (Lipinski definition) is 1. The van der Waals surface area contributed by atoms with E-state index in [1.807, 2.05) is 22.9 Å². The smallest absolute Gasteiger partial charge is 0.292 e. The van der Waals surface area contributed by atoms with Crippen molar-refractivity contribution < 1.29 is 9.72 Å². The topological polar surface area (TPSA) is 102 Å². The van der Waals surface area contributed by atoms with Gasteiger partial charge in [0.1, 0.15) is 11.5 Å². The Balaban J connectivity index is 1.83. The Kier molecular flexibility index (Phi) is 3.72. The molecule has 1 amide bonds. The number of rotatable bonds is 2. The van der Waals surface area contributed by atoms with Gasteiger partial charge in [0, 0.05) is 36.7 Å². The second-order valence-electron chi connectivity index (χ2n) is 6.08. The minimum atomic E-state index is -0.487. The minimum absolute atomic E-state index is 0.107. The normalized spacial score (nSPS) is 19.0. The molecule has 1 aliphatic carbocycles. The molecule has 0 saturated carbocycles. The van der Waals surface area contributed by atoms with E-state index in [1.54, 1.807) is 24.5 Å². The van der Waals surface area contributed by atoms with Gasteiger partial charge in [0.25, 0.3) is 5.70 Å².